The summed E-state index contributed by atoms with van der Waals surface area (Å²) in [4.78, 5) is 16.2. The van der Waals surface area contributed by atoms with Crippen LogP contribution in [0, 0.1) is 0 Å². The zero-order valence-corrected chi connectivity index (χ0v) is 13.2. The summed E-state index contributed by atoms with van der Waals surface area (Å²) in [6.45, 7) is 4.90. The molecule has 7 heteroatoms. The lowest BCUT2D eigenvalue weighted by atomic mass is 10.3. The highest BCUT2D eigenvalue weighted by Gasteiger charge is 2.12. The van der Waals surface area contributed by atoms with Crippen molar-refractivity contribution >= 4 is 23.3 Å². The van der Waals surface area contributed by atoms with E-state index in [9.17, 15) is 4.79 Å². The van der Waals surface area contributed by atoms with Crippen LogP contribution in [-0.4, -0.2) is 50.9 Å². The van der Waals surface area contributed by atoms with Crippen molar-refractivity contribution in [3.63, 3.8) is 0 Å². The van der Waals surface area contributed by atoms with Gasteiger partial charge in [-0.15, -0.1) is 0 Å². The number of amides is 1. The van der Waals surface area contributed by atoms with Crippen LogP contribution in [0.1, 0.15) is 23.8 Å². The molecule has 0 fully saturated rings. The van der Waals surface area contributed by atoms with E-state index in [0.717, 1.165) is 13.0 Å². The summed E-state index contributed by atoms with van der Waals surface area (Å²) in [5.74, 6) is 0.353. The van der Waals surface area contributed by atoms with Crippen LogP contribution in [0.5, 0.6) is 0 Å². The van der Waals surface area contributed by atoms with Crippen molar-refractivity contribution < 1.29 is 14.3 Å². The highest BCUT2D eigenvalue weighted by Crippen LogP contribution is 2.16. The molecule has 118 valence electrons. The largest absolute Gasteiger partial charge is 0.382 e. The Morgan fingerprint density at radius 3 is 2.86 bits per heavy atom. The van der Waals surface area contributed by atoms with E-state index in [1.165, 1.54) is 0 Å². The molecule has 1 amide bonds. The van der Waals surface area contributed by atoms with Crippen LogP contribution in [-0.2, 0) is 9.47 Å². The molecule has 0 radical (unpaired) electrons. The van der Waals surface area contributed by atoms with E-state index in [4.69, 9.17) is 21.1 Å². The van der Waals surface area contributed by atoms with Gasteiger partial charge in [-0.2, -0.15) is 0 Å². The van der Waals surface area contributed by atoms with Crippen LogP contribution in [0.3, 0.4) is 0 Å². The van der Waals surface area contributed by atoms with Gasteiger partial charge in [0.2, 0.25) is 0 Å². The lowest BCUT2D eigenvalue weighted by molar-refractivity contribution is 0.0688. The summed E-state index contributed by atoms with van der Waals surface area (Å²) >= 11 is 6.00. The van der Waals surface area contributed by atoms with E-state index in [0.29, 0.717) is 37.2 Å². The first-order chi connectivity index (χ1) is 10.2. The first-order valence-corrected chi connectivity index (χ1v) is 7.32. The molecule has 1 heterocycles. The molecule has 0 atom stereocenters. The third kappa shape index (κ3) is 6.75. The maximum Gasteiger partial charge on any atom is 0.271 e. The maximum atomic E-state index is 12.0. The number of rotatable bonds is 10. The Morgan fingerprint density at radius 1 is 1.33 bits per heavy atom. The molecule has 1 rings (SSSR count). The quantitative estimate of drug-likeness (QED) is 0.646. The number of halogens is 1. The lowest BCUT2D eigenvalue weighted by Gasteiger charge is -2.09. The minimum absolute atomic E-state index is 0.232. The number of carbonyl (C=O) groups is 1. The fourth-order valence-corrected chi connectivity index (χ4v) is 1.78. The fourth-order valence-electron chi connectivity index (χ4n) is 1.59. The van der Waals surface area contributed by atoms with Crippen LogP contribution in [0.2, 0.25) is 5.02 Å². The molecule has 0 aromatic carbocycles. The third-order valence-corrected chi connectivity index (χ3v) is 2.91. The predicted molar refractivity (Wildman–Crippen MR) is 83.1 cm³/mol. The molecule has 1 aromatic rings. The minimum Gasteiger partial charge on any atom is -0.382 e. The van der Waals surface area contributed by atoms with Gasteiger partial charge in [0.25, 0.3) is 5.91 Å². The molecule has 0 aliphatic heterocycles. The van der Waals surface area contributed by atoms with Crippen LogP contribution in [0.4, 0.5) is 5.82 Å². The number of aromatic nitrogens is 1. The van der Waals surface area contributed by atoms with Gasteiger partial charge in [-0.25, -0.2) is 4.98 Å². The second-order valence-electron chi connectivity index (χ2n) is 4.27. The van der Waals surface area contributed by atoms with E-state index < -0.39 is 0 Å². The van der Waals surface area contributed by atoms with E-state index >= 15 is 0 Å². The Balaban J connectivity index is 2.36. The van der Waals surface area contributed by atoms with E-state index in [2.05, 4.69) is 15.6 Å². The molecule has 1 aromatic heterocycles. The van der Waals surface area contributed by atoms with Gasteiger partial charge in [-0.1, -0.05) is 11.6 Å². The van der Waals surface area contributed by atoms with Crippen molar-refractivity contribution in [1.82, 2.24) is 10.3 Å². The van der Waals surface area contributed by atoms with Gasteiger partial charge >= 0.3 is 0 Å². The van der Waals surface area contributed by atoms with Gasteiger partial charge in [0.05, 0.1) is 18.2 Å². The molecular formula is C14H22ClN3O3. The van der Waals surface area contributed by atoms with Crippen molar-refractivity contribution in [3.05, 3.63) is 22.8 Å². The fraction of sp³-hybridized carbons (Fsp3) is 0.571. The maximum absolute atomic E-state index is 12.0. The SMILES string of the molecule is CCNc1ccc(Cl)c(C(=O)NCCCOCCOC)n1. The van der Waals surface area contributed by atoms with E-state index in [1.807, 2.05) is 6.92 Å². The van der Waals surface area contributed by atoms with E-state index in [1.54, 1.807) is 19.2 Å². The molecule has 21 heavy (non-hydrogen) atoms. The number of anilines is 1. The number of nitrogens with zero attached hydrogens (tertiary/aromatic N) is 1. The number of hydrogen-bond donors (Lipinski definition) is 2. The second kappa shape index (κ2) is 10.4. The number of pyridine rings is 1. The van der Waals surface area contributed by atoms with Crippen LogP contribution in [0.15, 0.2) is 12.1 Å². The predicted octanol–water partition coefficient (Wildman–Crippen LogP) is 1.95. The number of nitrogens with one attached hydrogen (secondary N) is 2. The highest BCUT2D eigenvalue weighted by molar-refractivity contribution is 6.33. The zero-order chi connectivity index (χ0) is 15.5. The van der Waals surface area contributed by atoms with Gasteiger partial charge in [-0.05, 0) is 25.5 Å². The molecule has 0 aliphatic carbocycles. The molecule has 0 spiro atoms. The van der Waals surface area contributed by atoms with Gasteiger partial charge in [0, 0.05) is 26.8 Å². The molecule has 2 N–H and O–H groups in total. The Morgan fingerprint density at radius 2 is 2.14 bits per heavy atom. The van der Waals surface area contributed by atoms with Crippen molar-refractivity contribution in [2.45, 2.75) is 13.3 Å². The van der Waals surface area contributed by atoms with E-state index in [-0.39, 0.29) is 11.6 Å². The van der Waals surface area contributed by atoms with Crippen molar-refractivity contribution in [1.29, 1.82) is 0 Å². The second-order valence-corrected chi connectivity index (χ2v) is 4.68. The molecular weight excluding hydrogens is 294 g/mol. The Hall–Kier alpha value is -1.37. The lowest BCUT2D eigenvalue weighted by Crippen LogP contribution is -2.26. The van der Waals surface area contributed by atoms with Crippen LogP contribution in [0.25, 0.3) is 0 Å². The smallest absolute Gasteiger partial charge is 0.271 e. The summed E-state index contributed by atoms with van der Waals surface area (Å²) in [7, 11) is 1.63. The van der Waals surface area contributed by atoms with Crippen LogP contribution >= 0.6 is 11.6 Å². The Kier molecular flexibility index (Phi) is 8.73. The Bertz CT molecular complexity index is 443. The summed E-state index contributed by atoms with van der Waals surface area (Å²) < 4.78 is 10.2. The molecule has 0 unspecified atom stereocenters. The molecule has 0 saturated heterocycles. The highest BCUT2D eigenvalue weighted by atomic mass is 35.5. The standard InChI is InChI=1S/C14H22ClN3O3/c1-3-16-12-6-5-11(15)13(18-12)14(19)17-7-4-8-21-10-9-20-2/h5-6H,3-4,7-10H2,1-2H3,(H,16,18)(H,17,19). The average Bonchev–Trinajstić information content (AvgIpc) is 2.48. The van der Waals surface area contributed by atoms with Gasteiger partial charge in [0.15, 0.2) is 0 Å². The first-order valence-electron chi connectivity index (χ1n) is 6.94. The summed E-state index contributed by atoms with van der Waals surface area (Å²) in [6.07, 6.45) is 0.722. The number of carbonyl (C=O) groups excluding carboxylic acids is 1. The van der Waals surface area contributed by atoms with Crippen molar-refractivity contribution in [3.8, 4) is 0 Å². The van der Waals surface area contributed by atoms with Crippen LogP contribution < -0.4 is 10.6 Å². The summed E-state index contributed by atoms with van der Waals surface area (Å²) in [6, 6.07) is 3.40. The molecule has 0 saturated carbocycles. The topological polar surface area (TPSA) is 72.5 Å². The average molecular weight is 316 g/mol. The normalized spacial score (nSPS) is 10.4. The van der Waals surface area contributed by atoms with Gasteiger partial charge < -0.3 is 20.1 Å². The number of methoxy groups -OCH3 is 1. The summed E-state index contributed by atoms with van der Waals surface area (Å²) in [5, 5.41) is 6.16. The van der Waals surface area contributed by atoms with Crippen molar-refractivity contribution in [2.24, 2.45) is 0 Å². The minimum atomic E-state index is -0.281. The third-order valence-electron chi connectivity index (χ3n) is 2.60. The summed E-state index contributed by atoms with van der Waals surface area (Å²) in [5.41, 5.74) is 0.232. The Labute approximate surface area is 130 Å². The first kappa shape index (κ1) is 17.7. The van der Waals surface area contributed by atoms with Crippen molar-refractivity contribution in [2.75, 3.05) is 45.3 Å². The number of ether oxygens (including phenoxy) is 2. The molecule has 6 nitrogen and oxygen atoms in total. The molecule has 0 bridgehead atoms. The molecule has 0 aliphatic rings. The van der Waals surface area contributed by atoms with Gasteiger partial charge in [0.1, 0.15) is 11.5 Å². The van der Waals surface area contributed by atoms with Gasteiger partial charge in [-0.3, -0.25) is 4.79 Å². The number of hydrogen-bond acceptors (Lipinski definition) is 5. The zero-order valence-electron chi connectivity index (χ0n) is 12.4. The monoisotopic (exact) mass is 315 g/mol.